The van der Waals surface area contributed by atoms with Gasteiger partial charge in [-0.25, -0.2) is 4.79 Å². The standard InChI is InChI=1S/C17H21N3O3/c1-12-9-16(23-19-12)15-7-4-8-20(15)17(21)18-11-13-5-3-6-14(10-13)22-2/h3,5-6,9-10,15H,4,7-8,11H2,1-2H3,(H,18,21)/t15-/m0/s1. The van der Waals surface area contributed by atoms with Crippen molar-refractivity contribution < 1.29 is 14.1 Å². The van der Waals surface area contributed by atoms with Crippen LogP contribution in [0.3, 0.4) is 0 Å². The molecule has 1 aliphatic rings. The van der Waals surface area contributed by atoms with Gasteiger partial charge in [-0.15, -0.1) is 0 Å². The molecule has 1 atom stereocenters. The molecular weight excluding hydrogens is 294 g/mol. The third-order valence-electron chi connectivity index (χ3n) is 4.07. The average molecular weight is 315 g/mol. The Kier molecular flexibility index (Phi) is 4.50. The van der Waals surface area contributed by atoms with E-state index in [0.717, 1.165) is 42.2 Å². The minimum atomic E-state index is -0.0793. The number of aromatic nitrogens is 1. The zero-order valence-corrected chi connectivity index (χ0v) is 13.4. The van der Waals surface area contributed by atoms with Crippen LogP contribution >= 0.6 is 0 Å². The molecular formula is C17H21N3O3. The fourth-order valence-electron chi connectivity index (χ4n) is 2.91. The van der Waals surface area contributed by atoms with Crippen LogP contribution in [-0.4, -0.2) is 29.7 Å². The van der Waals surface area contributed by atoms with Gasteiger partial charge in [-0.1, -0.05) is 17.3 Å². The Balaban J connectivity index is 1.63. The Morgan fingerprint density at radius 3 is 3.09 bits per heavy atom. The molecule has 2 amide bonds. The van der Waals surface area contributed by atoms with Crippen LogP contribution in [0.4, 0.5) is 4.79 Å². The van der Waals surface area contributed by atoms with Gasteiger partial charge < -0.3 is 19.5 Å². The summed E-state index contributed by atoms with van der Waals surface area (Å²) >= 11 is 0. The topological polar surface area (TPSA) is 67.6 Å². The van der Waals surface area contributed by atoms with Gasteiger partial charge >= 0.3 is 6.03 Å². The van der Waals surface area contributed by atoms with Crippen LogP contribution in [0.25, 0.3) is 0 Å². The van der Waals surface area contributed by atoms with Crippen LogP contribution in [0.1, 0.15) is 35.9 Å². The molecule has 0 bridgehead atoms. The molecule has 6 nitrogen and oxygen atoms in total. The molecule has 0 saturated carbocycles. The highest BCUT2D eigenvalue weighted by Gasteiger charge is 2.32. The van der Waals surface area contributed by atoms with Crippen molar-refractivity contribution in [3.05, 3.63) is 47.3 Å². The Morgan fingerprint density at radius 2 is 2.35 bits per heavy atom. The maximum absolute atomic E-state index is 12.5. The Morgan fingerprint density at radius 1 is 1.48 bits per heavy atom. The van der Waals surface area contributed by atoms with Gasteiger partial charge in [0, 0.05) is 19.2 Å². The third-order valence-corrected chi connectivity index (χ3v) is 4.07. The number of carbonyl (C=O) groups is 1. The lowest BCUT2D eigenvalue weighted by molar-refractivity contribution is 0.182. The number of amides is 2. The van der Waals surface area contributed by atoms with Gasteiger partial charge in [0.25, 0.3) is 0 Å². The third kappa shape index (κ3) is 3.47. The number of ether oxygens (including phenoxy) is 1. The van der Waals surface area contributed by atoms with Crippen LogP contribution in [0.5, 0.6) is 5.75 Å². The van der Waals surface area contributed by atoms with E-state index in [1.54, 1.807) is 7.11 Å². The highest BCUT2D eigenvalue weighted by atomic mass is 16.5. The van der Waals surface area contributed by atoms with Gasteiger partial charge in [0.05, 0.1) is 18.8 Å². The number of hydrogen-bond donors (Lipinski definition) is 1. The smallest absolute Gasteiger partial charge is 0.318 e. The van der Waals surface area contributed by atoms with Gasteiger partial charge in [0.1, 0.15) is 5.75 Å². The fourth-order valence-corrected chi connectivity index (χ4v) is 2.91. The van der Waals surface area contributed by atoms with Gasteiger partial charge in [0.15, 0.2) is 5.76 Å². The van der Waals surface area contributed by atoms with Crippen LogP contribution in [0.15, 0.2) is 34.9 Å². The first-order chi connectivity index (χ1) is 11.2. The normalized spacial score (nSPS) is 17.3. The van der Waals surface area contributed by atoms with Crippen molar-refractivity contribution in [2.24, 2.45) is 0 Å². The molecule has 1 saturated heterocycles. The van der Waals surface area contributed by atoms with Gasteiger partial charge in [-0.2, -0.15) is 0 Å². The summed E-state index contributed by atoms with van der Waals surface area (Å²) in [6.07, 6.45) is 1.87. The van der Waals surface area contributed by atoms with Crippen molar-refractivity contribution in [3.8, 4) is 5.75 Å². The molecule has 0 radical (unpaired) electrons. The summed E-state index contributed by atoms with van der Waals surface area (Å²) in [5.41, 5.74) is 1.84. The Hall–Kier alpha value is -2.50. The zero-order chi connectivity index (χ0) is 16.2. The molecule has 0 aliphatic carbocycles. The van der Waals surface area contributed by atoms with Crippen LogP contribution in [-0.2, 0) is 6.54 Å². The number of carbonyl (C=O) groups excluding carboxylic acids is 1. The van der Waals surface area contributed by atoms with Crippen molar-refractivity contribution in [1.29, 1.82) is 0 Å². The number of hydrogen-bond acceptors (Lipinski definition) is 4. The van der Waals surface area contributed by atoms with E-state index in [2.05, 4.69) is 10.5 Å². The maximum Gasteiger partial charge on any atom is 0.318 e. The second-order valence-electron chi connectivity index (χ2n) is 5.73. The predicted molar refractivity (Wildman–Crippen MR) is 85.2 cm³/mol. The highest BCUT2D eigenvalue weighted by Crippen LogP contribution is 2.32. The van der Waals surface area contributed by atoms with Crippen molar-refractivity contribution in [2.45, 2.75) is 32.4 Å². The predicted octanol–water partition coefficient (Wildman–Crippen LogP) is 3.04. The van der Waals surface area contributed by atoms with Crippen molar-refractivity contribution in [1.82, 2.24) is 15.4 Å². The maximum atomic E-state index is 12.5. The van der Waals surface area contributed by atoms with Crippen LogP contribution in [0.2, 0.25) is 0 Å². The minimum Gasteiger partial charge on any atom is -0.497 e. The average Bonchev–Trinajstić information content (AvgIpc) is 3.21. The first-order valence-corrected chi connectivity index (χ1v) is 7.78. The summed E-state index contributed by atoms with van der Waals surface area (Å²) in [5, 5.41) is 6.89. The van der Waals surface area contributed by atoms with E-state index in [4.69, 9.17) is 9.26 Å². The molecule has 0 unspecified atom stereocenters. The fraction of sp³-hybridized carbons (Fsp3) is 0.412. The molecule has 122 valence electrons. The molecule has 1 aliphatic heterocycles. The highest BCUT2D eigenvalue weighted by molar-refractivity contribution is 5.75. The summed E-state index contributed by atoms with van der Waals surface area (Å²) in [6, 6.07) is 9.47. The van der Waals surface area contributed by atoms with E-state index in [1.165, 1.54) is 0 Å². The molecule has 6 heteroatoms. The summed E-state index contributed by atoms with van der Waals surface area (Å²) in [6.45, 7) is 3.08. The number of likely N-dealkylation sites (tertiary alicyclic amines) is 1. The number of benzene rings is 1. The van der Waals surface area contributed by atoms with E-state index in [-0.39, 0.29) is 12.1 Å². The van der Waals surface area contributed by atoms with Gasteiger partial charge in [-0.3, -0.25) is 0 Å². The first kappa shape index (κ1) is 15.4. The largest absolute Gasteiger partial charge is 0.497 e. The number of methoxy groups -OCH3 is 1. The van der Waals surface area contributed by atoms with E-state index < -0.39 is 0 Å². The van der Waals surface area contributed by atoms with Crippen molar-refractivity contribution in [3.63, 3.8) is 0 Å². The minimum absolute atomic E-state index is 0.0264. The SMILES string of the molecule is COc1cccc(CNC(=O)N2CCC[C@H]2c2cc(C)no2)c1. The zero-order valence-electron chi connectivity index (χ0n) is 13.4. The van der Waals surface area contributed by atoms with E-state index in [9.17, 15) is 4.79 Å². The second-order valence-corrected chi connectivity index (χ2v) is 5.73. The number of nitrogens with one attached hydrogen (secondary N) is 1. The van der Waals surface area contributed by atoms with Crippen molar-refractivity contribution >= 4 is 6.03 Å². The summed E-state index contributed by atoms with van der Waals surface area (Å²) in [7, 11) is 1.63. The first-order valence-electron chi connectivity index (χ1n) is 7.78. The second kappa shape index (κ2) is 6.73. The molecule has 0 spiro atoms. The molecule has 23 heavy (non-hydrogen) atoms. The van der Waals surface area contributed by atoms with Crippen LogP contribution < -0.4 is 10.1 Å². The number of aryl methyl sites for hydroxylation is 1. The lowest BCUT2D eigenvalue weighted by Gasteiger charge is -2.23. The van der Waals surface area contributed by atoms with E-state index in [0.29, 0.717) is 6.54 Å². The van der Waals surface area contributed by atoms with Gasteiger partial charge in [0.2, 0.25) is 0 Å². The van der Waals surface area contributed by atoms with Crippen LogP contribution in [0, 0.1) is 6.92 Å². The lowest BCUT2D eigenvalue weighted by atomic mass is 10.1. The number of urea groups is 1. The van der Waals surface area contributed by atoms with Crippen molar-refractivity contribution in [2.75, 3.05) is 13.7 Å². The Labute approximate surface area is 135 Å². The number of nitrogens with zero attached hydrogens (tertiary/aromatic N) is 2. The molecule has 2 aromatic rings. The summed E-state index contributed by atoms with van der Waals surface area (Å²) in [4.78, 5) is 14.3. The quantitative estimate of drug-likeness (QED) is 0.941. The van der Waals surface area contributed by atoms with E-state index in [1.807, 2.05) is 42.2 Å². The molecule has 1 fully saturated rings. The summed E-state index contributed by atoms with van der Waals surface area (Å²) in [5.74, 6) is 1.55. The molecule has 1 aromatic carbocycles. The molecule has 1 N–H and O–H groups in total. The molecule has 3 rings (SSSR count). The molecule has 2 heterocycles. The Bertz CT molecular complexity index is 683. The monoisotopic (exact) mass is 315 g/mol. The number of rotatable bonds is 4. The molecule has 1 aromatic heterocycles. The lowest BCUT2D eigenvalue weighted by Crippen LogP contribution is -2.39. The summed E-state index contributed by atoms with van der Waals surface area (Å²) < 4.78 is 10.5. The van der Waals surface area contributed by atoms with Gasteiger partial charge in [-0.05, 0) is 37.5 Å². The van der Waals surface area contributed by atoms with E-state index >= 15 is 0 Å².